The van der Waals surface area contributed by atoms with Crippen molar-refractivity contribution in [3.63, 3.8) is 0 Å². The van der Waals surface area contributed by atoms with Crippen LogP contribution in [0.25, 0.3) is 0 Å². The van der Waals surface area contributed by atoms with Crippen LogP contribution in [0.2, 0.25) is 0 Å². The molecule has 0 aliphatic heterocycles. The molecule has 6 nitrogen and oxygen atoms in total. The average molecular weight is 1100 g/mol. The van der Waals surface area contributed by atoms with Gasteiger partial charge >= 0.3 is 17.9 Å². The Kier molecular flexibility index (Phi) is 66.5. The van der Waals surface area contributed by atoms with Gasteiger partial charge in [0.1, 0.15) is 13.2 Å². The Bertz CT molecular complexity index is 1170. The molecular formula is C72H140O6. The molecule has 0 fully saturated rings. The highest BCUT2D eigenvalue weighted by Crippen LogP contribution is 2.20. The molecule has 0 N–H and O–H groups in total. The molecule has 0 aromatic rings. The van der Waals surface area contributed by atoms with E-state index in [1.54, 1.807) is 0 Å². The Morgan fingerprint density at radius 2 is 0.346 bits per heavy atom. The van der Waals surface area contributed by atoms with Crippen LogP contribution in [-0.4, -0.2) is 37.2 Å². The van der Waals surface area contributed by atoms with Gasteiger partial charge in [0.25, 0.3) is 0 Å². The number of hydrogen-bond donors (Lipinski definition) is 0. The Balaban J connectivity index is 4.04. The first-order valence-corrected chi connectivity index (χ1v) is 36.0. The summed E-state index contributed by atoms with van der Waals surface area (Å²) in [6.07, 6.45) is 80.2. The number of hydrogen-bond acceptors (Lipinski definition) is 6. The van der Waals surface area contributed by atoms with E-state index in [1.165, 1.54) is 327 Å². The second-order valence-corrected chi connectivity index (χ2v) is 24.9. The molecule has 1 unspecified atom stereocenters. The number of esters is 3. The maximum atomic E-state index is 12.9. The first-order valence-electron chi connectivity index (χ1n) is 36.0. The fourth-order valence-corrected chi connectivity index (χ4v) is 11.5. The molecule has 0 heterocycles. The van der Waals surface area contributed by atoms with Crippen molar-refractivity contribution in [2.24, 2.45) is 0 Å². The summed E-state index contributed by atoms with van der Waals surface area (Å²) < 4.78 is 17.0. The fraction of sp³-hybridized carbons (Fsp3) is 0.958. The first-order chi connectivity index (χ1) is 38.5. The summed E-state index contributed by atoms with van der Waals surface area (Å²) in [7, 11) is 0. The lowest BCUT2D eigenvalue weighted by Gasteiger charge is -2.18. The van der Waals surface area contributed by atoms with Gasteiger partial charge in [-0.05, 0) is 19.3 Å². The highest BCUT2D eigenvalue weighted by atomic mass is 16.6. The second kappa shape index (κ2) is 67.9. The third-order valence-electron chi connectivity index (χ3n) is 16.9. The van der Waals surface area contributed by atoms with E-state index in [0.717, 1.165) is 57.8 Å². The highest BCUT2D eigenvalue weighted by molar-refractivity contribution is 5.71. The summed E-state index contributed by atoms with van der Waals surface area (Å²) in [6.45, 7) is 6.72. The number of carbonyl (C=O) groups excluding carboxylic acids is 3. The molecule has 0 saturated heterocycles. The lowest BCUT2D eigenvalue weighted by molar-refractivity contribution is -0.167. The van der Waals surface area contributed by atoms with E-state index in [0.29, 0.717) is 19.3 Å². The molecule has 464 valence electrons. The van der Waals surface area contributed by atoms with Gasteiger partial charge in [0.2, 0.25) is 0 Å². The molecule has 0 bridgehead atoms. The van der Waals surface area contributed by atoms with Crippen molar-refractivity contribution in [1.82, 2.24) is 0 Å². The summed E-state index contributed by atoms with van der Waals surface area (Å²) in [5.41, 5.74) is 0. The molecule has 78 heavy (non-hydrogen) atoms. The van der Waals surface area contributed by atoms with Crippen molar-refractivity contribution in [2.45, 2.75) is 431 Å². The van der Waals surface area contributed by atoms with Crippen LogP contribution >= 0.6 is 0 Å². The molecule has 0 aromatic carbocycles. The predicted octanol–water partition coefficient (Wildman–Crippen LogP) is 24.6. The Labute approximate surface area is 488 Å². The number of rotatable bonds is 68. The van der Waals surface area contributed by atoms with Crippen molar-refractivity contribution < 1.29 is 28.6 Å². The van der Waals surface area contributed by atoms with Crippen LogP contribution < -0.4 is 0 Å². The van der Waals surface area contributed by atoms with Crippen LogP contribution in [0.5, 0.6) is 0 Å². The molecule has 0 saturated carbocycles. The number of carbonyl (C=O) groups is 3. The zero-order valence-electron chi connectivity index (χ0n) is 53.5. The van der Waals surface area contributed by atoms with Crippen molar-refractivity contribution in [1.29, 1.82) is 0 Å². The summed E-state index contributed by atoms with van der Waals surface area (Å²) in [5, 5.41) is 0. The van der Waals surface area contributed by atoms with Crippen molar-refractivity contribution in [3.05, 3.63) is 0 Å². The Morgan fingerprint density at radius 3 is 0.513 bits per heavy atom. The van der Waals surface area contributed by atoms with E-state index in [1.807, 2.05) is 0 Å². The Morgan fingerprint density at radius 1 is 0.205 bits per heavy atom. The van der Waals surface area contributed by atoms with Crippen LogP contribution in [0.1, 0.15) is 425 Å². The Hall–Kier alpha value is -1.59. The standard InChI is InChI=1S/C72H140O6/c1-4-7-10-13-16-19-22-24-26-28-30-31-32-33-34-35-36-37-38-39-40-41-43-44-46-48-50-53-56-59-62-65-71(74)77-68-69(67-76-70(73)64-61-58-55-52-21-18-15-12-9-6-3)78-72(75)66-63-60-57-54-51-49-47-45-42-29-27-25-23-20-17-14-11-8-5-2/h69H,4-68H2,1-3H3. The van der Waals surface area contributed by atoms with Crippen LogP contribution in [0.4, 0.5) is 0 Å². The van der Waals surface area contributed by atoms with Crippen molar-refractivity contribution in [2.75, 3.05) is 13.2 Å². The summed E-state index contributed by atoms with van der Waals surface area (Å²) >= 11 is 0. The predicted molar refractivity (Wildman–Crippen MR) is 340 cm³/mol. The van der Waals surface area contributed by atoms with Crippen molar-refractivity contribution >= 4 is 17.9 Å². The van der Waals surface area contributed by atoms with E-state index in [-0.39, 0.29) is 31.1 Å². The zero-order valence-corrected chi connectivity index (χ0v) is 53.5. The molecular weight excluding hydrogens is 961 g/mol. The maximum absolute atomic E-state index is 12.9. The summed E-state index contributed by atoms with van der Waals surface area (Å²) in [6, 6.07) is 0. The monoisotopic (exact) mass is 1100 g/mol. The second-order valence-electron chi connectivity index (χ2n) is 24.9. The third-order valence-corrected chi connectivity index (χ3v) is 16.9. The quantitative estimate of drug-likeness (QED) is 0.0343. The lowest BCUT2D eigenvalue weighted by Crippen LogP contribution is -2.30. The van der Waals surface area contributed by atoms with Crippen molar-refractivity contribution in [3.8, 4) is 0 Å². The first kappa shape index (κ1) is 76.4. The molecule has 0 radical (unpaired) electrons. The highest BCUT2D eigenvalue weighted by Gasteiger charge is 2.20. The minimum Gasteiger partial charge on any atom is -0.462 e. The molecule has 1 atom stereocenters. The van der Waals surface area contributed by atoms with Crippen LogP contribution in [0.3, 0.4) is 0 Å². The maximum Gasteiger partial charge on any atom is 0.306 e. The molecule has 6 heteroatoms. The van der Waals surface area contributed by atoms with Gasteiger partial charge in [0, 0.05) is 19.3 Å². The third kappa shape index (κ3) is 65.2. The topological polar surface area (TPSA) is 78.9 Å². The SMILES string of the molecule is CCCCCCCCCCCCCCCCCCCCCCCCCCCCCCCCCC(=O)OCC(COC(=O)CCCCCCCCCCCC)OC(=O)CCCCCCCCCCCCCCCCCCCCC. The zero-order chi connectivity index (χ0) is 56.4. The van der Waals surface area contributed by atoms with Gasteiger partial charge in [0.05, 0.1) is 0 Å². The number of ether oxygens (including phenoxy) is 3. The molecule has 0 aliphatic rings. The minimum atomic E-state index is -0.762. The van der Waals surface area contributed by atoms with Gasteiger partial charge in [-0.3, -0.25) is 14.4 Å². The fourth-order valence-electron chi connectivity index (χ4n) is 11.5. The largest absolute Gasteiger partial charge is 0.462 e. The molecule has 0 spiro atoms. The van der Waals surface area contributed by atoms with E-state index < -0.39 is 6.10 Å². The van der Waals surface area contributed by atoms with Gasteiger partial charge in [-0.1, -0.05) is 387 Å². The van der Waals surface area contributed by atoms with E-state index in [2.05, 4.69) is 20.8 Å². The molecule has 0 aliphatic carbocycles. The smallest absolute Gasteiger partial charge is 0.306 e. The lowest BCUT2D eigenvalue weighted by atomic mass is 10.0. The van der Waals surface area contributed by atoms with Gasteiger partial charge in [-0.2, -0.15) is 0 Å². The molecule has 0 amide bonds. The summed E-state index contributed by atoms with van der Waals surface area (Å²) in [4.78, 5) is 38.3. The van der Waals surface area contributed by atoms with E-state index in [9.17, 15) is 14.4 Å². The van der Waals surface area contributed by atoms with E-state index in [4.69, 9.17) is 14.2 Å². The van der Waals surface area contributed by atoms with Gasteiger partial charge in [-0.15, -0.1) is 0 Å². The normalized spacial score (nSPS) is 11.9. The van der Waals surface area contributed by atoms with Crippen LogP contribution in [0.15, 0.2) is 0 Å². The number of unbranched alkanes of at least 4 members (excludes halogenated alkanes) is 57. The average Bonchev–Trinajstić information content (AvgIpc) is 3.44. The molecule has 0 aromatic heterocycles. The summed E-state index contributed by atoms with van der Waals surface area (Å²) in [5.74, 6) is -0.825. The van der Waals surface area contributed by atoms with Gasteiger partial charge in [0.15, 0.2) is 6.10 Å². The van der Waals surface area contributed by atoms with Crippen LogP contribution in [0, 0.1) is 0 Å². The van der Waals surface area contributed by atoms with E-state index >= 15 is 0 Å². The van der Waals surface area contributed by atoms with Gasteiger partial charge < -0.3 is 14.2 Å². The van der Waals surface area contributed by atoms with Crippen LogP contribution in [-0.2, 0) is 28.6 Å². The molecule has 0 rings (SSSR count). The van der Waals surface area contributed by atoms with Gasteiger partial charge in [-0.25, -0.2) is 0 Å². The minimum absolute atomic E-state index is 0.0606.